The van der Waals surface area contributed by atoms with E-state index in [2.05, 4.69) is 25.0 Å². The smallest absolute Gasteiger partial charge is 0.216 e. The van der Waals surface area contributed by atoms with E-state index in [1.807, 2.05) is 20.8 Å². The minimum atomic E-state index is -3.28. The lowest BCUT2D eigenvalue weighted by molar-refractivity contribution is 0.557. The zero-order chi connectivity index (χ0) is 15.9. The maximum absolute atomic E-state index is 12.3. The molecular weight excluding hydrogens is 320 g/mol. The van der Waals surface area contributed by atoms with Gasteiger partial charge in [0.05, 0.1) is 15.5 Å². The maximum atomic E-state index is 12.3. The fourth-order valence-electron chi connectivity index (χ4n) is 2.78. The van der Waals surface area contributed by atoms with E-state index in [1.54, 1.807) is 17.7 Å². The highest BCUT2D eigenvalue weighted by atomic mass is 32.2. The number of nitrogens with one attached hydrogen (secondary N) is 1. The van der Waals surface area contributed by atoms with Crippen LogP contribution in [-0.4, -0.2) is 42.8 Å². The minimum Gasteiger partial charge on any atom is -0.354 e. The normalized spacial score (nSPS) is 19.5. The van der Waals surface area contributed by atoms with E-state index in [0.29, 0.717) is 19.5 Å². The lowest BCUT2D eigenvalue weighted by atomic mass is 10.3. The number of aryl methyl sites for hydroxylation is 1. The standard InChI is InChI=1S/C14H20N4O2S2/c1-9(2)17-22(19,20)11-4-5-18(6-11)14-13-12(15-8-16-14)10(3)7-21-13/h7-9,11,17H,4-6H2,1-3H3/t11-/m1/s1. The molecule has 1 saturated heterocycles. The third-order valence-corrected chi connectivity index (χ3v) is 6.94. The molecule has 0 spiro atoms. The number of fused-ring (bicyclic) bond motifs is 1. The third-order valence-electron chi connectivity index (χ3n) is 3.80. The van der Waals surface area contributed by atoms with Gasteiger partial charge in [-0.1, -0.05) is 0 Å². The lowest BCUT2D eigenvalue weighted by Crippen LogP contribution is -2.39. The van der Waals surface area contributed by atoms with Gasteiger partial charge in [-0.05, 0) is 38.1 Å². The van der Waals surface area contributed by atoms with Crippen molar-refractivity contribution in [2.24, 2.45) is 0 Å². The largest absolute Gasteiger partial charge is 0.354 e. The first-order valence-corrected chi connectivity index (χ1v) is 9.76. The van der Waals surface area contributed by atoms with E-state index in [1.165, 1.54) is 0 Å². The summed E-state index contributed by atoms with van der Waals surface area (Å²) < 4.78 is 28.4. The molecule has 1 aliphatic heterocycles. The summed E-state index contributed by atoms with van der Waals surface area (Å²) in [6.45, 7) is 6.89. The average molecular weight is 340 g/mol. The zero-order valence-corrected chi connectivity index (χ0v) is 14.5. The summed E-state index contributed by atoms with van der Waals surface area (Å²) >= 11 is 1.62. The SMILES string of the molecule is Cc1csc2c(N3CC[C@@H](S(=O)(=O)NC(C)C)C3)ncnc12. The molecule has 0 aliphatic carbocycles. The van der Waals surface area contributed by atoms with Crippen molar-refractivity contribution in [3.8, 4) is 0 Å². The van der Waals surface area contributed by atoms with Crippen LogP contribution >= 0.6 is 11.3 Å². The predicted molar refractivity (Wildman–Crippen MR) is 90.0 cm³/mol. The number of anilines is 1. The van der Waals surface area contributed by atoms with Crippen LogP contribution in [0.3, 0.4) is 0 Å². The molecule has 0 unspecified atom stereocenters. The lowest BCUT2D eigenvalue weighted by Gasteiger charge is -2.19. The van der Waals surface area contributed by atoms with Crippen LogP contribution in [0.5, 0.6) is 0 Å². The molecule has 6 nitrogen and oxygen atoms in total. The second-order valence-electron chi connectivity index (χ2n) is 5.97. The summed E-state index contributed by atoms with van der Waals surface area (Å²) in [7, 11) is -3.28. The number of thiophene rings is 1. The van der Waals surface area contributed by atoms with Crippen LogP contribution in [0.2, 0.25) is 0 Å². The molecule has 1 fully saturated rings. The molecule has 8 heteroatoms. The van der Waals surface area contributed by atoms with E-state index >= 15 is 0 Å². The highest BCUT2D eigenvalue weighted by molar-refractivity contribution is 7.90. The van der Waals surface area contributed by atoms with Crippen LogP contribution in [0.15, 0.2) is 11.7 Å². The first-order valence-electron chi connectivity index (χ1n) is 7.33. The molecule has 0 radical (unpaired) electrons. The van der Waals surface area contributed by atoms with Crippen LogP contribution in [0.4, 0.5) is 5.82 Å². The zero-order valence-electron chi connectivity index (χ0n) is 12.9. The van der Waals surface area contributed by atoms with Gasteiger partial charge in [0.1, 0.15) is 12.1 Å². The number of sulfonamides is 1. The Kier molecular flexibility index (Phi) is 4.09. The highest BCUT2D eigenvalue weighted by Crippen LogP contribution is 2.33. The monoisotopic (exact) mass is 340 g/mol. The molecule has 120 valence electrons. The number of rotatable bonds is 4. The quantitative estimate of drug-likeness (QED) is 0.920. The van der Waals surface area contributed by atoms with Crippen molar-refractivity contribution < 1.29 is 8.42 Å². The van der Waals surface area contributed by atoms with Gasteiger partial charge in [-0.15, -0.1) is 11.3 Å². The molecule has 0 bridgehead atoms. The topological polar surface area (TPSA) is 75.2 Å². The minimum absolute atomic E-state index is 0.0789. The molecule has 0 saturated carbocycles. The Labute approximate surface area is 134 Å². The van der Waals surface area contributed by atoms with Crippen LogP contribution in [0, 0.1) is 6.92 Å². The Bertz CT molecular complexity index is 785. The molecule has 1 N–H and O–H groups in total. The van der Waals surface area contributed by atoms with Crippen molar-refractivity contribution in [2.75, 3.05) is 18.0 Å². The first kappa shape index (κ1) is 15.6. The van der Waals surface area contributed by atoms with Crippen LogP contribution in [0.25, 0.3) is 10.2 Å². The third kappa shape index (κ3) is 2.82. The van der Waals surface area contributed by atoms with Crippen LogP contribution in [0.1, 0.15) is 25.8 Å². The molecular formula is C14H20N4O2S2. The molecule has 2 aromatic heterocycles. The van der Waals surface area contributed by atoms with E-state index in [-0.39, 0.29) is 11.3 Å². The molecule has 3 rings (SSSR count). The predicted octanol–water partition coefficient (Wildman–Crippen LogP) is 1.91. The van der Waals surface area contributed by atoms with E-state index in [4.69, 9.17) is 0 Å². The summed E-state index contributed by atoms with van der Waals surface area (Å²) in [5, 5.41) is 1.67. The molecule has 3 heterocycles. The van der Waals surface area contributed by atoms with Crippen LogP contribution in [-0.2, 0) is 10.0 Å². The highest BCUT2D eigenvalue weighted by Gasteiger charge is 2.34. The molecule has 22 heavy (non-hydrogen) atoms. The Morgan fingerprint density at radius 3 is 2.91 bits per heavy atom. The van der Waals surface area contributed by atoms with Gasteiger partial charge < -0.3 is 4.90 Å². The fraction of sp³-hybridized carbons (Fsp3) is 0.571. The molecule has 0 aromatic carbocycles. The van der Waals surface area contributed by atoms with Crippen molar-refractivity contribution in [3.63, 3.8) is 0 Å². The Morgan fingerprint density at radius 2 is 2.18 bits per heavy atom. The van der Waals surface area contributed by atoms with Crippen molar-refractivity contribution in [1.82, 2.24) is 14.7 Å². The van der Waals surface area contributed by atoms with E-state index in [9.17, 15) is 8.42 Å². The number of hydrogen-bond acceptors (Lipinski definition) is 6. The first-order chi connectivity index (χ1) is 10.4. The second-order valence-corrected chi connectivity index (χ2v) is 8.84. The van der Waals surface area contributed by atoms with Gasteiger partial charge in [-0.2, -0.15) is 0 Å². The van der Waals surface area contributed by atoms with Crippen LogP contribution < -0.4 is 9.62 Å². The van der Waals surface area contributed by atoms with E-state index in [0.717, 1.165) is 21.6 Å². The van der Waals surface area contributed by atoms with Crippen molar-refractivity contribution in [2.45, 2.75) is 38.5 Å². The van der Waals surface area contributed by atoms with Gasteiger partial charge >= 0.3 is 0 Å². The van der Waals surface area contributed by atoms with Gasteiger partial charge in [0.15, 0.2) is 0 Å². The molecule has 2 aromatic rings. The van der Waals surface area contributed by atoms with Crippen molar-refractivity contribution >= 4 is 37.4 Å². The summed E-state index contributed by atoms with van der Waals surface area (Å²) in [4.78, 5) is 10.8. The summed E-state index contributed by atoms with van der Waals surface area (Å²) in [5.74, 6) is 0.852. The average Bonchev–Trinajstić information content (AvgIpc) is 3.05. The molecule has 0 amide bonds. The Morgan fingerprint density at radius 1 is 1.41 bits per heavy atom. The maximum Gasteiger partial charge on any atom is 0.216 e. The fourth-order valence-corrected chi connectivity index (χ4v) is 5.44. The molecule has 1 aliphatic rings. The van der Waals surface area contributed by atoms with Gasteiger partial charge in [0, 0.05) is 19.1 Å². The number of aromatic nitrogens is 2. The summed E-state index contributed by atoms with van der Waals surface area (Å²) in [6, 6.07) is -0.0789. The Hall–Kier alpha value is -1.25. The van der Waals surface area contributed by atoms with Gasteiger partial charge in [0.2, 0.25) is 10.0 Å². The van der Waals surface area contributed by atoms with Crippen molar-refractivity contribution in [1.29, 1.82) is 0 Å². The summed E-state index contributed by atoms with van der Waals surface area (Å²) in [6.07, 6.45) is 2.18. The van der Waals surface area contributed by atoms with Crippen molar-refractivity contribution in [3.05, 3.63) is 17.3 Å². The van der Waals surface area contributed by atoms with Gasteiger partial charge in [-0.3, -0.25) is 0 Å². The Balaban J connectivity index is 1.86. The number of hydrogen-bond donors (Lipinski definition) is 1. The second kappa shape index (κ2) is 5.75. The van der Waals surface area contributed by atoms with E-state index < -0.39 is 10.0 Å². The van der Waals surface area contributed by atoms with Gasteiger partial charge in [-0.25, -0.2) is 23.1 Å². The number of nitrogens with zero attached hydrogens (tertiary/aromatic N) is 3. The summed E-state index contributed by atoms with van der Waals surface area (Å²) in [5.41, 5.74) is 2.09. The molecule has 1 atom stereocenters. The van der Waals surface area contributed by atoms with Gasteiger partial charge in [0.25, 0.3) is 0 Å².